The Morgan fingerprint density at radius 1 is 1.35 bits per heavy atom. The molecule has 2 N–H and O–H groups in total. The summed E-state index contributed by atoms with van der Waals surface area (Å²) in [7, 11) is 0. The summed E-state index contributed by atoms with van der Waals surface area (Å²) in [6.07, 6.45) is 5.92. The molecule has 0 bridgehead atoms. The van der Waals surface area contributed by atoms with Gasteiger partial charge in [-0.2, -0.15) is 5.10 Å². The van der Waals surface area contributed by atoms with Crippen molar-refractivity contribution in [3.63, 3.8) is 0 Å². The van der Waals surface area contributed by atoms with Crippen LogP contribution in [0.15, 0.2) is 31.0 Å². The minimum Gasteiger partial charge on any atom is -0.330 e. The second-order valence-electron chi connectivity index (χ2n) is 4.91. The summed E-state index contributed by atoms with van der Waals surface area (Å²) >= 11 is 0. The Balaban J connectivity index is 2.14. The number of hydrogen-bond donors (Lipinski definition) is 1. The van der Waals surface area contributed by atoms with Crippen LogP contribution in [0.3, 0.4) is 0 Å². The van der Waals surface area contributed by atoms with Crippen LogP contribution in [0.2, 0.25) is 0 Å². The van der Waals surface area contributed by atoms with Crippen molar-refractivity contribution in [1.82, 2.24) is 19.7 Å². The second kappa shape index (κ2) is 4.63. The Bertz CT molecular complexity index is 458. The van der Waals surface area contributed by atoms with Crippen LogP contribution in [0.1, 0.15) is 19.4 Å². The average Bonchev–Trinajstić information content (AvgIpc) is 2.83. The smallest absolute Gasteiger partial charge is 0.155 e. The first-order valence-electron chi connectivity index (χ1n) is 5.61. The van der Waals surface area contributed by atoms with Crippen LogP contribution in [0.5, 0.6) is 0 Å². The second-order valence-corrected chi connectivity index (χ2v) is 4.91. The van der Waals surface area contributed by atoms with Crippen molar-refractivity contribution in [2.24, 2.45) is 11.1 Å². The van der Waals surface area contributed by atoms with Crippen molar-refractivity contribution in [2.75, 3.05) is 6.54 Å². The van der Waals surface area contributed by atoms with Gasteiger partial charge in [-0.15, -0.1) is 0 Å². The molecule has 2 aromatic heterocycles. The first-order chi connectivity index (χ1) is 8.11. The number of hydrogen-bond acceptors (Lipinski definition) is 4. The fourth-order valence-electron chi connectivity index (χ4n) is 1.61. The molecule has 0 aliphatic carbocycles. The molecule has 2 rings (SSSR count). The van der Waals surface area contributed by atoms with E-state index in [1.807, 2.05) is 12.3 Å². The standard InChI is InChI=1S/C12H17N5/c1-12(2,7-13)5-10-3-4-11(15-6-10)17-9-14-8-16-17/h3-4,6,8-9H,5,7,13H2,1-2H3. The zero-order valence-electron chi connectivity index (χ0n) is 10.2. The third-order valence-electron chi connectivity index (χ3n) is 2.70. The van der Waals surface area contributed by atoms with E-state index in [4.69, 9.17) is 5.73 Å². The SMILES string of the molecule is CC(C)(CN)Cc1ccc(-n2cncn2)nc1. The molecule has 0 radical (unpaired) electrons. The Morgan fingerprint density at radius 3 is 2.71 bits per heavy atom. The molecule has 17 heavy (non-hydrogen) atoms. The maximum atomic E-state index is 5.72. The van der Waals surface area contributed by atoms with Gasteiger partial charge < -0.3 is 5.73 Å². The van der Waals surface area contributed by atoms with Crippen molar-refractivity contribution in [1.29, 1.82) is 0 Å². The van der Waals surface area contributed by atoms with E-state index >= 15 is 0 Å². The normalized spacial score (nSPS) is 11.7. The van der Waals surface area contributed by atoms with E-state index in [0.29, 0.717) is 6.54 Å². The number of rotatable bonds is 4. The van der Waals surface area contributed by atoms with Gasteiger partial charge in [0.15, 0.2) is 5.82 Å². The minimum absolute atomic E-state index is 0.108. The molecule has 2 aromatic rings. The number of nitrogens with zero attached hydrogens (tertiary/aromatic N) is 4. The maximum Gasteiger partial charge on any atom is 0.155 e. The highest BCUT2D eigenvalue weighted by atomic mass is 15.3. The molecule has 5 nitrogen and oxygen atoms in total. The van der Waals surface area contributed by atoms with Crippen molar-refractivity contribution < 1.29 is 0 Å². The molecule has 0 aromatic carbocycles. The van der Waals surface area contributed by atoms with Crippen molar-refractivity contribution in [2.45, 2.75) is 20.3 Å². The third kappa shape index (κ3) is 2.88. The Labute approximate surface area is 101 Å². The predicted molar refractivity (Wildman–Crippen MR) is 65.7 cm³/mol. The molecule has 0 spiro atoms. The lowest BCUT2D eigenvalue weighted by atomic mass is 9.86. The summed E-state index contributed by atoms with van der Waals surface area (Å²) in [5.74, 6) is 0.775. The molecule has 0 atom stereocenters. The molecule has 0 amide bonds. The molecule has 0 saturated carbocycles. The molecule has 5 heteroatoms. The van der Waals surface area contributed by atoms with Gasteiger partial charge in [-0.1, -0.05) is 19.9 Å². The summed E-state index contributed by atoms with van der Waals surface area (Å²) in [5.41, 5.74) is 7.01. The zero-order valence-corrected chi connectivity index (χ0v) is 10.2. The van der Waals surface area contributed by atoms with Crippen molar-refractivity contribution >= 4 is 0 Å². The summed E-state index contributed by atoms with van der Waals surface area (Å²) in [5, 5.41) is 4.03. The molecule has 0 unspecified atom stereocenters. The van der Waals surface area contributed by atoms with Gasteiger partial charge in [0.05, 0.1) is 0 Å². The van der Waals surface area contributed by atoms with Crippen LogP contribution >= 0.6 is 0 Å². The molecule has 0 aliphatic heterocycles. The van der Waals surface area contributed by atoms with Gasteiger partial charge in [0.2, 0.25) is 0 Å². The van der Waals surface area contributed by atoms with E-state index in [-0.39, 0.29) is 5.41 Å². The van der Waals surface area contributed by atoms with Crippen LogP contribution in [-0.2, 0) is 6.42 Å². The van der Waals surface area contributed by atoms with E-state index in [0.717, 1.165) is 12.2 Å². The number of pyridine rings is 1. The highest BCUT2D eigenvalue weighted by Crippen LogP contribution is 2.19. The Hall–Kier alpha value is -1.75. The average molecular weight is 231 g/mol. The van der Waals surface area contributed by atoms with E-state index in [1.165, 1.54) is 11.9 Å². The van der Waals surface area contributed by atoms with E-state index in [1.54, 1.807) is 11.0 Å². The topological polar surface area (TPSA) is 69.6 Å². The van der Waals surface area contributed by atoms with Gasteiger partial charge >= 0.3 is 0 Å². The van der Waals surface area contributed by atoms with E-state index in [9.17, 15) is 0 Å². The van der Waals surface area contributed by atoms with E-state index in [2.05, 4.69) is 35.0 Å². The molecule has 2 heterocycles. The first-order valence-corrected chi connectivity index (χ1v) is 5.61. The van der Waals surface area contributed by atoms with Gasteiger partial charge in [-0.3, -0.25) is 0 Å². The summed E-state index contributed by atoms with van der Waals surface area (Å²) < 4.78 is 1.64. The lowest BCUT2D eigenvalue weighted by Gasteiger charge is -2.21. The lowest BCUT2D eigenvalue weighted by molar-refractivity contribution is 0.376. The summed E-state index contributed by atoms with van der Waals surface area (Å²) in [6.45, 7) is 4.97. The summed E-state index contributed by atoms with van der Waals surface area (Å²) in [6, 6.07) is 4.00. The fraction of sp³-hybridized carbons (Fsp3) is 0.417. The Morgan fingerprint density at radius 2 is 2.18 bits per heavy atom. The van der Waals surface area contributed by atoms with Gasteiger partial charge in [-0.05, 0) is 30.0 Å². The Kier molecular flexibility index (Phi) is 3.19. The highest BCUT2D eigenvalue weighted by molar-refractivity contribution is 5.24. The van der Waals surface area contributed by atoms with Crippen LogP contribution in [0.4, 0.5) is 0 Å². The largest absolute Gasteiger partial charge is 0.330 e. The van der Waals surface area contributed by atoms with E-state index < -0.39 is 0 Å². The van der Waals surface area contributed by atoms with Gasteiger partial charge in [0.25, 0.3) is 0 Å². The van der Waals surface area contributed by atoms with Crippen LogP contribution in [0, 0.1) is 5.41 Å². The molecular weight excluding hydrogens is 214 g/mol. The van der Waals surface area contributed by atoms with Gasteiger partial charge in [0, 0.05) is 6.20 Å². The van der Waals surface area contributed by atoms with Crippen molar-refractivity contribution in [3.8, 4) is 5.82 Å². The predicted octanol–water partition coefficient (Wildman–Crippen LogP) is 1.19. The highest BCUT2D eigenvalue weighted by Gasteiger charge is 2.16. The molecule has 0 fully saturated rings. The van der Waals surface area contributed by atoms with Gasteiger partial charge in [-0.25, -0.2) is 14.6 Å². The minimum atomic E-state index is 0.108. The van der Waals surface area contributed by atoms with Crippen LogP contribution in [-0.4, -0.2) is 26.3 Å². The monoisotopic (exact) mass is 231 g/mol. The van der Waals surface area contributed by atoms with Gasteiger partial charge in [0.1, 0.15) is 12.7 Å². The van der Waals surface area contributed by atoms with Crippen molar-refractivity contribution in [3.05, 3.63) is 36.5 Å². The summed E-state index contributed by atoms with van der Waals surface area (Å²) in [4.78, 5) is 8.25. The fourth-order valence-corrected chi connectivity index (χ4v) is 1.61. The lowest BCUT2D eigenvalue weighted by Crippen LogP contribution is -2.25. The quantitative estimate of drug-likeness (QED) is 0.858. The van der Waals surface area contributed by atoms with Crippen LogP contribution in [0.25, 0.3) is 5.82 Å². The zero-order chi connectivity index (χ0) is 12.3. The molecule has 0 saturated heterocycles. The molecular formula is C12H17N5. The third-order valence-corrected chi connectivity index (χ3v) is 2.70. The number of nitrogens with two attached hydrogens (primary N) is 1. The molecule has 0 aliphatic rings. The number of aromatic nitrogens is 4. The van der Waals surface area contributed by atoms with Crippen LogP contribution < -0.4 is 5.73 Å². The molecule has 90 valence electrons. The maximum absolute atomic E-state index is 5.72. The first kappa shape index (κ1) is 11.7.